The van der Waals surface area contributed by atoms with E-state index < -0.39 is 18.6 Å². The molecule has 4 nitrogen and oxygen atoms in total. The van der Waals surface area contributed by atoms with Crippen molar-refractivity contribution in [3.8, 4) is 0 Å². The molecule has 0 aliphatic rings. The highest BCUT2D eigenvalue weighted by Gasteiger charge is 2.27. The van der Waals surface area contributed by atoms with Crippen molar-refractivity contribution >= 4 is 5.91 Å². The van der Waals surface area contributed by atoms with E-state index in [9.17, 15) is 18.0 Å². The molecule has 1 aromatic heterocycles. The molecule has 0 bridgehead atoms. The number of nitrogens with one attached hydrogen (secondary N) is 1. The van der Waals surface area contributed by atoms with Crippen molar-refractivity contribution in [2.75, 3.05) is 20.1 Å². The van der Waals surface area contributed by atoms with Crippen LogP contribution in [0.2, 0.25) is 0 Å². The third-order valence-corrected chi connectivity index (χ3v) is 2.12. The van der Waals surface area contributed by atoms with Crippen molar-refractivity contribution in [3.63, 3.8) is 0 Å². The Kier molecular flexibility index (Phi) is 4.77. The summed E-state index contributed by atoms with van der Waals surface area (Å²) >= 11 is 0. The molecule has 0 atom stereocenters. The van der Waals surface area contributed by atoms with Crippen molar-refractivity contribution in [2.24, 2.45) is 0 Å². The molecular formula is C11H15F3N2O2. The number of rotatable bonds is 5. The van der Waals surface area contributed by atoms with Crippen LogP contribution >= 0.6 is 0 Å². The monoisotopic (exact) mass is 264 g/mol. The van der Waals surface area contributed by atoms with E-state index in [1.807, 2.05) is 5.32 Å². The average Bonchev–Trinajstić information content (AvgIpc) is 2.59. The number of hydrogen-bond donors (Lipinski definition) is 1. The molecule has 1 N–H and O–H groups in total. The molecule has 0 saturated carbocycles. The van der Waals surface area contributed by atoms with Gasteiger partial charge in [0.25, 0.3) is 0 Å². The van der Waals surface area contributed by atoms with Crippen molar-refractivity contribution in [2.45, 2.75) is 19.6 Å². The van der Waals surface area contributed by atoms with Gasteiger partial charge in [-0.05, 0) is 26.1 Å². The molecule has 1 aromatic rings. The summed E-state index contributed by atoms with van der Waals surface area (Å²) in [6.45, 7) is 0.738. The minimum absolute atomic E-state index is 0.115. The van der Waals surface area contributed by atoms with Crippen LogP contribution in [0.25, 0.3) is 0 Å². The van der Waals surface area contributed by atoms with Gasteiger partial charge >= 0.3 is 6.18 Å². The predicted molar refractivity (Wildman–Crippen MR) is 58.8 cm³/mol. The minimum Gasteiger partial charge on any atom is -0.465 e. The first kappa shape index (κ1) is 14.6. The van der Waals surface area contributed by atoms with Gasteiger partial charge in [-0.25, -0.2) is 0 Å². The maximum absolute atomic E-state index is 11.9. The van der Waals surface area contributed by atoms with Gasteiger partial charge in [-0.1, -0.05) is 0 Å². The van der Waals surface area contributed by atoms with Crippen LogP contribution in [0.1, 0.15) is 11.5 Å². The highest BCUT2D eigenvalue weighted by Crippen LogP contribution is 2.12. The molecule has 0 spiro atoms. The highest BCUT2D eigenvalue weighted by atomic mass is 19.4. The first-order valence-corrected chi connectivity index (χ1v) is 5.33. The molecule has 0 fully saturated rings. The van der Waals surface area contributed by atoms with Gasteiger partial charge in [0.05, 0.1) is 13.1 Å². The Balaban J connectivity index is 2.31. The van der Waals surface area contributed by atoms with Crippen LogP contribution in [0.15, 0.2) is 16.5 Å². The number of hydrogen-bond acceptors (Lipinski definition) is 3. The van der Waals surface area contributed by atoms with Gasteiger partial charge in [0.1, 0.15) is 18.1 Å². The van der Waals surface area contributed by atoms with E-state index in [2.05, 4.69) is 0 Å². The van der Waals surface area contributed by atoms with Gasteiger partial charge in [-0.2, -0.15) is 13.2 Å². The average molecular weight is 264 g/mol. The molecule has 0 aliphatic carbocycles. The lowest BCUT2D eigenvalue weighted by molar-refractivity contribution is -0.139. The van der Waals surface area contributed by atoms with Crippen molar-refractivity contribution in [1.29, 1.82) is 0 Å². The molecule has 0 aromatic carbocycles. The zero-order valence-electron chi connectivity index (χ0n) is 10.2. The summed E-state index contributed by atoms with van der Waals surface area (Å²) < 4.78 is 40.9. The Bertz CT molecular complexity index is 401. The third-order valence-electron chi connectivity index (χ3n) is 2.12. The van der Waals surface area contributed by atoms with Gasteiger partial charge in [-0.3, -0.25) is 9.69 Å². The molecule has 18 heavy (non-hydrogen) atoms. The van der Waals surface area contributed by atoms with Crippen LogP contribution in [0.4, 0.5) is 13.2 Å². The normalized spacial score (nSPS) is 11.9. The third kappa shape index (κ3) is 5.72. The zero-order valence-corrected chi connectivity index (χ0v) is 10.2. The zero-order chi connectivity index (χ0) is 13.8. The Labute approximate surface area is 103 Å². The summed E-state index contributed by atoms with van der Waals surface area (Å²) in [6, 6.07) is 3.55. The number of likely N-dealkylation sites (N-methyl/N-ethyl adjacent to an activating group) is 1. The lowest BCUT2D eigenvalue weighted by atomic mass is 10.4. The number of nitrogens with zero attached hydrogens (tertiary/aromatic N) is 1. The highest BCUT2D eigenvalue weighted by molar-refractivity contribution is 5.77. The SMILES string of the molecule is Cc1ccc(CN(C)CC(=O)NCC(F)(F)F)o1. The van der Waals surface area contributed by atoms with Crippen LogP contribution in [-0.4, -0.2) is 37.1 Å². The topological polar surface area (TPSA) is 45.5 Å². The summed E-state index contributed by atoms with van der Waals surface area (Å²) in [5.41, 5.74) is 0. The van der Waals surface area contributed by atoms with Crippen LogP contribution in [0.3, 0.4) is 0 Å². The number of carbonyl (C=O) groups excluding carboxylic acids is 1. The Morgan fingerprint density at radius 1 is 1.44 bits per heavy atom. The number of amides is 1. The van der Waals surface area contributed by atoms with E-state index in [1.54, 1.807) is 31.0 Å². The van der Waals surface area contributed by atoms with Gasteiger partial charge in [0.15, 0.2) is 0 Å². The number of alkyl halides is 3. The van der Waals surface area contributed by atoms with Crippen molar-refractivity contribution in [3.05, 3.63) is 23.7 Å². The van der Waals surface area contributed by atoms with Crippen LogP contribution in [0.5, 0.6) is 0 Å². The van der Waals surface area contributed by atoms with E-state index in [-0.39, 0.29) is 6.54 Å². The first-order valence-electron chi connectivity index (χ1n) is 5.33. The molecule has 0 saturated heterocycles. The van der Waals surface area contributed by atoms with Gasteiger partial charge in [0, 0.05) is 0 Å². The molecule has 0 aliphatic heterocycles. The summed E-state index contributed by atoms with van der Waals surface area (Å²) in [4.78, 5) is 12.8. The first-order chi connectivity index (χ1) is 8.26. The van der Waals surface area contributed by atoms with Crippen LogP contribution in [-0.2, 0) is 11.3 Å². The number of furan rings is 1. The van der Waals surface area contributed by atoms with E-state index in [0.717, 1.165) is 5.76 Å². The van der Waals surface area contributed by atoms with E-state index in [0.29, 0.717) is 12.3 Å². The fourth-order valence-electron chi connectivity index (χ4n) is 1.39. The van der Waals surface area contributed by atoms with Gasteiger partial charge in [0.2, 0.25) is 5.91 Å². The van der Waals surface area contributed by atoms with Crippen LogP contribution < -0.4 is 5.32 Å². The van der Waals surface area contributed by atoms with E-state index in [1.165, 1.54) is 0 Å². The molecule has 7 heteroatoms. The summed E-state index contributed by atoms with van der Waals surface area (Å²) in [7, 11) is 1.63. The molecular weight excluding hydrogens is 249 g/mol. The molecule has 1 amide bonds. The second kappa shape index (κ2) is 5.90. The van der Waals surface area contributed by atoms with E-state index >= 15 is 0 Å². The summed E-state index contributed by atoms with van der Waals surface area (Å²) in [6.07, 6.45) is -4.38. The Hall–Kier alpha value is -1.50. The molecule has 0 radical (unpaired) electrons. The lowest BCUT2D eigenvalue weighted by Crippen LogP contribution is -2.39. The fourth-order valence-corrected chi connectivity index (χ4v) is 1.39. The molecule has 1 rings (SSSR count). The second-order valence-electron chi connectivity index (χ2n) is 4.08. The predicted octanol–water partition coefficient (Wildman–Crippen LogP) is 1.70. The number of carbonyl (C=O) groups is 1. The molecule has 1 heterocycles. The maximum Gasteiger partial charge on any atom is 0.405 e. The molecule has 0 unspecified atom stereocenters. The Morgan fingerprint density at radius 2 is 2.11 bits per heavy atom. The van der Waals surface area contributed by atoms with Crippen molar-refractivity contribution in [1.82, 2.24) is 10.2 Å². The van der Waals surface area contributed by atoms with Gasteiger partial charge in [-0.15, -0.1) is 0 Å². The Morgan fingerprint density at radius 3 is 2.61 bits per heavy atom. The maximum atomic E-state index is 11.9. The van der Waals surface area contributed by atoms with Crippen LogP contribution in [0, 0.1) is 6.92 Å². The fraction of sp³-hybridized carbons (Fsp3) is 0.545. The number of halogens is 3. The quantitative estimate of drug-likeness (QED) is 0.880. The lowest BCUT2D eigenvalue weighted by Gasteiger charge is -2.15. The second-order valence-corrected chi connectivity index (χ2v) is 4.08. The summed E-state index contributed by atoms with van der Waals surface area (Å²) in [5, 5.41) is 1.81. The van der Waals surface area contributed by atoms with Gasteiger partial charge < -0.3 is 9.73 Å². The summed E-state index contributed by atoms with van der Waals surface area (Å²) in [5.74, 6) is 0.747. The largest absolute Gasteiger partial charge is 0.465 e. The van der Waals surface area contributed by atoms with E-state index in [4.69, 9.17) is 4.42 Å². The number of aryl methyl sites for hydroxylation is 1. The van der Waals surface area contributed by atoms with Crippen molar-refractivity contribution < 1.29 is 22.4 Å². The smallest absolute Gasteiger partial charge is 0.405 e. The molecule has 102 valence electrons. The standard InChI is InChI=1S/C11H15F3N2O2/c1-8-3-4-9(18-8)5-16(2)6-10(17)15-7-11(12,13)14/h3-4H,5-7H2,1-2H3,(H,15,17). The minimum atomic E-state index is -4.38.